The molecule has 1 unspecified atom stereocenters. The van der Waals surface area contributed by atoms with Gasteiger partial charge in [0, 0.05) is 35.7 Å². The summed E-state index contributed by atoms with van der Waals surface area (Å²) in [6, 6.07) is 7.68. The number of sulfonamides is 1. The van der Waals surface area contributed by atoms with Crippen LogP contribution in [0.15, 0.2) is 42.5 Å². The SMILES string of the molecule is Cn1nc(NS(C)(=O)=O)c2c(Cl)ccc(-c3ccc(C#CC(C)(C)N)nc3[C@H](Cc3cc(F)cc(F)c3)NC(=O)Cn3nc(C(F)F)c4c3C(F)(F)C3C[C@H]43)c21. The number of carbonyl (C=O) groups excluding carboxylic acids is 1. The van der Waals surface area contributed by atoms with Crippen molar-refractivity contribution in [2.45, 2.75) is 63.1 Å². The second-order valence-electron chi connectivity index (χ2n) is 14.5. The van der Waals surface area contributed by atoms with Gasteiger partial charge in [-0.2, -0.15) is 19.0 Å². The molecule has 2 aliphatic rings. The lowest BCUT2D eigenvalue weighted by Gasteiger charge is -2.23. The van der Waals surface area contributed by atoms with Gasteiger partial charge in [-0.05, 0) is 74.4 Å². The average molecular weight is 819 g/mol. The Labute approximate surface area is 321 Å². The maximum atomic E-state index is 15.4. The third-order valence-electron chi connectivity index (χ3n) is 9.43. The van der Waals surface area contributed by atoms with Crippen LogP contribution in [0.25, 0.3) is 22.0 Å². The van der Waals surface area contributed by atoms with Crippen molar-refractivity contribution in [1.29, 1.82) is 0 Å². The molecule has 0 bridgehead atoms. The number of fused-ring (bicyclic) bond motifs is 4. The van der Waals surface area contributed by atoms with Crippen LogP contribution in [0.4, 0.5) is 32.2 Å². The van der Waals surface area contributed by atoms with Crippen LogP contribution in [0.1, 0.15) is 72.6 Å². The van der Waals surface area contributed by atoms with E-state index in [1.165, 1.54) is 17.8 Å². The molecule has 3 atom stereocenters. The number of rotatable bonds is 10. The predicted octanol–water partition coefficient (Wildman–Crippen LogP) is 6.47. The van der Waals surface area contributed by atoms with Crippen molar-refractivity contribution in [3.63, 3.8) is 0 Å². The van der Waals surface area contributed by atoms with Crippen molar-refractivity contribution in [2.24, 2.45) is 18.7 Å². The van der Waals surface area contributed by atoms with Crippen molar-refractivity contribution in [3.05, 3.63) is 93.0 Å². The highest BCUT2D eigenvalue weighted by molar-refractivity contribution is 7.92. The van der Waals surface area contributed by atoms with E-state index in [-0.39, 0.29) is 51.6 Å². The lowest BCUT2D eigenvalue weighted by molar-refractivity contribution is -0.123. The molecule has 56 heavy (non-hydrogen) atoms. The highest BCUT2D eigenvalue weighted by atomic mass is 35.5. The minimum absolute atomic E-state index is 0.0271. The molecule has 1 amide bonds. The van der Waals surface area contributed by atoms with E-state index >= 15 is 8.78 Å². The second kappa shape index (κ2) is 13.8. The largest absolute Gasteiger partial charge is 0.346 e. The number of aryl methyl sites for hydroxylation is 1. The number of alkyl halides is 4. The fraction of sp³-hybridized carbons (Fsp3) is 0.351. The summed E-state index contributed by atoms with van der Waals surface area (Å²) < 4.78 is 117. The van der Waals surface area contributed by atoms with Gasteiger partial charge < -0.3 is 11.1 Å². The number of aromatic nitrogens is 5. The predicted molar refractivity (Wildman–Crippen MR) is 195 cm³/mol. The number of carbonyl (C=O) groups is 1. The number of anilines is 1. The molecule has 294 valence electrons. The summed E-state index contributed by atoms with van der Waals surface area (Å²) in [6.07, 6.45) is -2.51. The maximum absolute atomic E-state index is 15.4. The molecular weight excluding hydrogens is 786 g/mol. The number of hydrogen-bond donors (Lipinski definition) is 3. The van der Waals surface area contributed by atoms with E-state index in [4.69, 9.17) is 22.3 Å². The Morgan fingerprint density at radius 3 is 2.41 bits per heavy atom. The molecule has 2 aromatic carbocycles. The van der Waals surface area contributed by atoms with Gasteiger partial charge in [-0.15, -0.1) is 0 Å². The summed E-state index contributed by atoms with van der Waals surface area (Å²) in [5.74, 6) is -2.59. The fourth-order valence-electron chi connectivity index (χ4n) is 7.24. The monoisotopic (exact) mass is 818 g/mol. The maximum Gasteiger partial charge on any atom is 0.293 e. The van der Waals surface area contributed by atoms with Gasteiger partial charge in [-0.25, -0.2) is 31.0 Å². The van der Waals surface area contributed by atoms with E-state index in [1.807, 2.05) is 0 Å². The highest BCUT2D eigenvalue weighted by Crippen LogP contribution is 2.68. The number of pyridine rings is 1. The first-order chi connectivity index (χ1) is 26.1. The first-order valence-corrected chi connectivity index (χ1v) is 19.4. The van der Waals surface area contributed by atoms with Crippen LogP contribution in [-0.2, 0) is 40.8 Å². The molecular formula is C37H33ClF6N8O3S. The highest BCUT2D eigenvalue weighted by Gasteiger charge is 2.67. The van der Waals surface area contributed by atoms with Crippen molar-refractivity contribution in [1.82, 2.24) is 29.9 Å². The first kappa shape index (κ1) is 39.1. The number of hydrogen-bond acceptors (Lipinski definition) is 7. The summed E-state index contributed by atoms with van der Waals surface area (Å²) in [5.41, 5.74) is 4.61. The van der Waals surface area contributed by atoms with E-state index in [0.29, 0.717) is 27.4 Å². The Kier molecular flexibility index (Phi) is 9.65. The molecule has 3 aromatic heterocycles. The van der Waals surface area contributed by atoms with Crippen molar-refractivity contribution < 1.29 is 39.6 Å². The number of benzene rings is 2. The molecule has 1 saturated carbocycles. The Morgan fingerprint density at radius 1 is 1.09 bits per heavy atom. The average Bonchev–Trinajstić information content (AvgIpc) is 3.62. The first-order valence-electron chi connectivity index (χ1n) is 17.1. The van der Waals surface area contributed by atoms with Gasteiger partial charge >= 0.3 is 0 Å². The third kappa shape index (κ3) is 7.54. The van der Waals surface area contributed by atoms with Crippen LogP contribution in [0.3, 0.4) is 0 Å². The normalized spacial score (nSPS) is 17.7. The van der Waals surface area contributed by atoms with Gasteiger partial charge in [0.1, 0.15) is 35.3 Å². The molecule has 1 fully saturated rings. The number of nitrogens with one attached hydrogen (secondary N) is 2. The Bertz CT molecular complexity index is 2590. The molecule has 3 heterocycles. The summed E-state index contributed by atoms with van der Waals surface area (Å²) in [5, 5.41) is 11.1. The summed E-state index contributed by atoms with van der Waals surface area (Å²) in [4.78, 5) is 18.7. The molecule has 0 saturated heterocycles. The molecule has 5 aromatic rings. The topological polar surface area (TPSA) is 150 Å². The zero-order chi connectivity index (χ0) is 40.6. The third-order valence-corrected chi connectivity index (χ3v) is 10.3. The molecule has 0 spiro atoms. The van der Waals surface area contributed by atoms with Crippen LogP contribution >= 0.6 is 11.6 Å². The number of nitrogens with two attached hydrogens (primary N) is 1. The standard InChI is InChI=1S/C37H33ClF6N8O3S/c1-36(2,45)10-9-20-5-6-21(22-7-8-25(38)29-32(22)51(3)49-35(29)50-56(4,54)55)30(46-20)26(13-17-11-18(39)14-19(40)12-17)47-27(53)16-52-33-28(31(48-52)34(41)42)23-15-24(23)37(33,43)44/h5-8,11-12,14,23-24,26,34H,13,15-16,45H2,1-4H3,(H,47,53)(H,49,50)/t23-,24?,26-/m0/s1. The van der Waals surface area contributed by atoms with Gasteiger partial charge in [0.25, 0.3) is 12.3 Å². The number of amides is 1. The lowest BCUT2D eigenvalue weighted by Crippen LogP contribution is -2.35. The van der Waals surface area contributed by atoms with Crippen molar-refractivity contribution in [2.75, 3.05) is 11.0 Å². The molecule has 19 heteroatoms. The lowest BCUT2D eigenvalue weighted by atomic mass is 9.93. The van der Waals surface area contributed by atoms with Gasteiger partial charge in [0.15, 0.2) is 5.82 Å². The quantitative estimate of drug-likeness (QED) is 0.108. The Balaban J connectivity index is 1.39. The van der Waals surface area contributed by atoms with E-state index < -0.39 is 81.3 Å². The molecule has 0 radical (unpaired) electrons. The van der Waals surface area contributed by atoms with Crippen LogP contribution in [0, 0.1) is 29.4 Å². The van der Waals surface area contributed by atoms with Gasteiger partial charge in [0.2, 0.25) is 15.9 Å². The zero-order valence-corrected chi connectivity index (χ0v) is 31.6. The van der Waals surface area contributed by atoms with E-state index in [2.05, 4.69) is 32.1 Å². The van der Waals surface area contributed by atoms with E-state index in [0.717, 1.165) is 18.4 Å². The summed E-state index contributed by atoms with van der Waals surface area (Å²) >= 11 is 6.58. The van der Waals surface area contributed by atoms with Crippen LogP contribution in [-0.4, -0.2) is 50.7 Å². The molecule has 7 rings (SSSR count). The molecule has 11 nitrogen and oxygen atoms in total. The second-order valence-corrected chi connectivity index (χ2v) is 16.7. The van der Waals surface area contributed by atoms with E-state index in [1.54, 1.807) is 32.0 Å². The van der Waals surface area contributed by atoms with Crippen molar-refractivity contribution in [3.8, 4) is 23.0 Å². The van der Waals surface area contributed by atoms with Gasteiger partial charge in [-0.3, -0.25) is 18.9 Å². The number of halogens is 7. The van der Waals surface area contributed by atoms with Crippen molar-refractivity contribution >= 4 is 44.3 Å². The number of nitrogens with zero attached hydrogens (tertiary/aromatic N) is 5. The Morgan fingerprint density at radius 2 is 1.77 bits per heavy atom. The van der Waals surface area contributed by atoms with Gasteiger partial charge in [0.05, 0.1) is 39.5 Å². The minimum Gasteiger partial charge on any atom is -0.346 e. The van der Waals surface area contributed by atoms with Crippen LogP contribution in [0.5, 0.6) is 0 Å². The molecule has 2 aliphatic carbocycles. The van der Waals surface area contributed by atoms with Crippen LogP contribution < -0.4 is 15.8 Å². The minimum atomic E-state index is -3.82. The summed E-state index contributed by atoms with van der Waals surface area (Å²) in [6.45, 7) is 2.41. The Hall–Kier alpha value is -5.12. The smallest absolute Gasteiger partial charge is 0.293 e. The van der Waals surface area contributed by atoms with E-state index in [9.17, 15) is 30.8 Å². The summed E-state index contributed by atoms with van der Waals surface area (Å²) in [7, 11) is -2.28. The fourth-order valence-corrected chi connectivity index (χ4v) is 7.98. The van der Waals surface area contributed by atoms with Gasteiger partial charge in [-0.1, -0.05) is 23.6 Å². The van der Waals surface area contributed by atoms with Crippen LogP contribution in [0.2, 0.25) is 5.02 Å². The zero-order valence-electron chi connectivity index (χ0n) is 30.1. The molecule has 0 aliphatic heterocycles. The molecule has 4 N–H and O–H groups in total.